The number of rotatable bonds is 2. The molecule has 1 aromatic carbocycles. The van der Waals surface area contributed by atoms with Crippen molar-refractivity contribution in [2.24, 2.45) is 4.99 Å². The molecule has 0 saturated carbocycles. The second-order valence-corrected chi connectivity index (χ2v) is 7.49. The maximum atomic E-state index is 12.6. The van der Waals surface area contributed by atoms with Gasteiger partial charge in [0.25, 0.3) is 10.0 Å². The van der Waals surface area contributed by atoms with Crippen LogP contribution in [0.1, 0.15) is 19.4 Å². The van der Waals surface area contributed by atoms with Crippen LogP contribution in [0.2, 0.25) is 0 Å². The lowest BCUT2D eigenvalue weighted by Crippen LogP contribution is -2.54. The van der Waals surface area contributed by atoms with E-state index in [1.54, 1.807) is 30.0 Å². The van der Waals surface area contributed by atoms with Gasteiger partial charge in [-0.25, -0.2) is 8.42 Å². The van der Waals surface area contributed by atoms with Gasteiger partial charge < -0.3 is 10.2 Å². The number of sulfonamides is 1. The Morgan fingerprint density at radius 1 is 1.38 bits per heavy atom. The highest BCUT2D eigenvalue weighted by Gasteiger charge is 2.32. The first-order valence-corrected chi connectivity index (χ1v) is 9.09. The highest BCUT2D eigenvalue weighted by Crippen LogP contribution is 2.22. The van der Waals surface area contributed by atoms with Crippen LogP contribution in [0.25, 0.3) is 0 Å². The molecule has 1 aromatic rings. The Morgan fingerprint density at radius 2 is 2.08 bits per heavy atom. The van der Waals surface area contributed by atoms with Crippen molar-refractivity contribution in [3.8, 4) is 0 Å². The number of hydrogen-bond donors (Lipinski definition) is 2. The minimum Gasteiger partial charge on any atom is -0.336 e. The highest BCUT2D eigenvalue weighted by atomic mass is 35.5. The van der Waals surface area contributed by atoms with Crippen LogP contribution in [0, 0.1) is 0 Å². The van der Waals surface area contributed by atoms with Gasteiger partial charge in [0.2, 0.25) is 5.91 Å². The lowest BCUT2D eigenvalue weighted by Gasteiger charge is -2.35. The van der Waals surface area contributed by atoms with Gasteiger partial charge in [0.05, 0.1) is 4.90 Å². The molecule has 2 N–H and O–H groups in total. The van der Waals surface area contributed by atoms with Gasteiger partial charge in [-0.1, -0.05) is 12.1 Å². The van der Waals surface area contributed by atoms with Gasteiger partial charge in [-0.3, -0.25) is 14.5 Å². The summed E-state index contributed by atoms with van der Waals surface area (Å²) < 4.78 is 26.6. The molecule has 1 unspecified atom stereocenters. The number of amidine groups is 1. The van der Waals surface area contributed by atoms with E-state index in [9.17, 15) is 13.2 Å². The van der Waals surface area contributed by atoms with E-state index in [1.807, 2.05) is 6.92 Å². The van der Waals surface area contributed by atoms with Gasteiger partial charge in [-0.05, 0) is 26.0 Å². The molecule has 132 valence electrons. The Balaban J connectivity index is 0.00000208. The molecule has 1 amide bonds. The van der Waals surface area contributed by atoms with E-state index in [4.69, 9.17) is 0 Å². The quantitative estimate of drug-likeness (QED) is 0.784. The molecule has 7 nitrogen and oxygen atoms in total. The van der Waals surface area contributed by atoms with Gasteiger partial charge in [0.1, 0.15) is 11.9 Å². The zero-order chi connectivity index (χ0) is 16.6. The average Bonchev–Trinajstić information content (AvgIpc) is 2.78. The molecular weight excluding hydrogens is 352 g/mol. The zero-order valence-electron chi connectivity index (χ0n) is 13.5. The van der Waals surface area contributed by atoms with Gasteiger partial charge in [0, 0.05) is 31.2 Å². The smallest absolute Gasteiger partial charge is 0.263 e. The third kappa shape index (κ3) is 3.40. The fraction of sp³-hybridized carbons (Fsp3) is 0.467. The molecular formula is C15H21ClN4O3S. The molecule has 0 radical (unpaired) electrons. The number of halogens is 1. The van der Waals surface area contributed by atoms with Crippen molar-refractivity contribution < 1.29 is 13.2 Å². The van der Waals surface area contributed by atoms with Gasteiger partial charge >= 0.3 is 0 Å². The molecule has 24 heavy (non-hydrogen) atoms. The number of nitrogens with zero attached hydrogens (tertiary/aromatic N) is 2. The van der Waals surface area contributed by atoms with Crippen molar-refractivity contribution in [3.63, 3.8) is 0 Å². The van der Waals surface area contributed by atoms with Gasteiger partial charge in [0.15, 0.2) is 0 Å². The molecule has 0 aliphatic carbocycles. The van der Waals surface area contributed by atoms with Crippen LogP contribution in [0.4, 0.5) is 0 Å². The monoisotopic (exact) mass is 372 g/mol. The van der Waals surface area contributed by atoms with Crippen LogP contribution in [0.5, 0.6) is 0 Å². The predicted octanol–water partition coefficient (Wildman–Crippen LogP) is 0.356. The SMILES string of the molecule is CC(N=C1NS(=O)(=O)c2ccccc21)C(=O)N1CCNC[C@H]1C.Cl. The number of nitrogens with one attached hydrogen (secondary N) is 2. The van der Waals surface area contributed by atoms with Crippen molar-refractivity contribution in [2.45, 2.75) is 30.8 Å². The zero-order valence-corrected chi connectivity index (χ0v) is 15.2. The normalized spacial score (nSPS) is 24.7. The van der Waals surface area contributed by atoms with Gasteiger partial charge in [-0.15, -0.1) is 12.4 Å². The second-order valence-electron chi connectivity index (χ2n) is 5.84. The van der Waals surface area contributed by atoms with Crippen molar-refractivity contribution in [3.05, 3.63) is 29.8 Å². The molecule has 2 atom stereocenters. The minimum absolute atomic E-state index is 0. The molecule has 0 aromatic heterocycles. The Hall–Kier alpha value is -1.64. The van der Waals surface area contributed by atoms with Crippen LogP contribution < -0.4 is 10.0 Å². The van der Waals surface area contributed by atoms with Crippen molar-refractivity contribution in [2.75, 3.05) is 19.6 Å². The molecule has 1 saturated heterocycles. The minimum atomic E-state index is -3.58. The average molecular weight is 373 g/mol. The number of aliphatic imine (C=N–C) groups is 1. The maximum Gasteiger partial charge on any atom is 0.263 e. The van der Waals surface area contributed by atoms with E-state index in [2.05, 4.69) is 15.0 Å². The van der Waals surface area contributed by atoms with Crippen LogP contribution in [-0.4, -0.2) is 56.8 Å². The lowest BCUT2D eigenvalue weighted by atomic mass is 10.1. The number of fused-ring (bicyclic) bond motifs is 1. The second kappa shape index (κ2) is 7.08. The Bertz CT molecular complexity index is 766. The summed E-state index contributed by atoms with van der Waals surface area (Å²) in [5.41, 5.74) is 0.514. The number of carbonyl (C=O) groups is 1. The summed E-state index contributed by atoms with van der Waals surface area (Å²) in [6.07, 6.45) is 0. The molecule has 0 spiro atoms. The number of benzene rings is 1. The number of amides is 1. The third-order valence-corrected chi connectivity index (χ3v) is 5.52. The summed E-state index contributed by atoms with van der Waals surface area (Å²) in [5.74, 6) is 0.152. The van der Waals surface area contributed by atoms with Crippen LogP contribution in [0.3, 0.4) is 0 Å². The van der Waals surface area contributed by atoms with Crippen molar-refractivity contribution in [1.29, 1.82) is 0 Å². The third-order valence-electron chi connectivity index (χ3n) is 4.13. The maximum absolute atomic E-state index is 12.6. The highest BCUT2D eigenvalue weighted by molar-refractivity contribution is 7.90. The van der Waals surface area contributed by atoms with E-state index >= 15 is 0 Å². The Morgan fingerprint density at radius 3 is 2.79 bits per heavy atom. The summed E-state index contributed by atoms with van der Waals surface area (Å²) in [6, 6.07) is 6.10. The van der Waals surface area contributed by atoms with E-state index in [1.165, 1.54) is 6.07 Å². The molecule has 9 heteroatoms. The van der Waals surface area contributed by atoms with Crippen molar-refractivity contribution >= 4 is 34.2 Å². The van der Waals surface area contributed by atoms with Crippen LogP contribution in [-0.2, 0) is 14.8 Å². The lowest BCUT2D eigenvalue weighted by molar-refractivity contribution is -0.134. The summed E-state index contributed by atoms with van der Waals surface area (Å²) in [7, 11) is -3.58. The van der Waals surface area contributed by atoms with E-state index < -0.39 is 16.1 Å². The molecule has 2 aliphatic heterocycles. The van der Waals surface area contributed by atoms with Crippen LogP contribution >= 0.6 is 12.4 Å². The molecule has 2 aliphatic rings. The summed E-state index contributed by atoms with van der Waals surface area (Å²) in [6.45, 7) is 5.83. The number of hydrogen-bond acceptors (Lipinski definition) is 5. The van der Waals surface area contributed by atoms with Crippen molar-refractivity contribution in [1.82, 2.24) is 14.9 Å². The first-order chi connectivity index (χ1) is 10.9. The molecule has 0 bridgehead atoms. The topological polar surface area (TPSA) is 90.9 Å². The first kappa shape index (κ1) is 18.7. The summed E-state index contributed by atoms with van der Waals surface area (Å²) >= 11 is 0. The number of piperazine rings is 1. The first-order valence-electron chi connectivity index (χ1n) is 7.61. The largest absolute Gasteiger partial charge is 0.336 e. The standard InChI is InChI=1S/C15H20N4O3S.ClH/c1-10-9-16-7-8-19(10)15(20)11(2)17-14-12-5-3-4-6-13(12)23(21,22)18-14;/h3-6,10-11,16H,7-9H2,1-2H3,(H,17,18);1H/t10-,11?;/m1./s1. The van der Waals surface area contributed by atoms with E-state index in [0.717, 1.165) is 13.1 Å². The fourth-order valence-electron chi connectivity index (χ4n) is 2.89. The molecule has 1 fully saturated rings. The van der Waals surface area contributed by atoms with Gasteiger partial charge in [-0.2, -0.15) is 0 Å². The van der Waals surface area contributed by atoms with Crippen LogP contribution in [0.15, 0.2) is 34.2 Å². The fourth-order valence-corrected chi connectivity index (χ4v) is 4.13. The Labute approximate surface area is 148 Å². The summed E-state index contributed by atoms with van der Waals surface area (Å²) in [5, 5.41) is 3.23. The van der Waals surface area contributed by atoms with E-state index in [-0.39, 0.29) is 35.1 Å². The predicted molar refractivity (Wildman–Crippen MR) is 94.1 cm³/mol. The Kier molecular flexibility index (Phi) is 5.52. The summed E-state index contributed by atoms with van der Waals surface area (Å²) in [4.78, 5) is 18.9. The molecule has 2 heterocycles. The number of carbonyl (C=O) groups excluding carboxylic acids is 1. The molecule has 3 rings (SSSR count). The van der Waals surface area contributed by atoms with E-state index in [0.29, 0.717) is 12.1 Å².